The Morgan fingerprint density at radius 2 is 2.29 bits per heavy atom. The minimum atomic E-state index is -1.09. The van der Waals surface area contributed by atoms with Gasteiger partial charge in [0.05, 0.1) is 11.6 Å². The molecule has 6 nitrogen and oxygen atoms in total. The molecule has 0 aliphatic carbocycles. The molecule has 0 fully saturated rings. The van der Waals surface area contributed by atoms with Crippen LogP contribution >= 0.6 is 0 Å². The zero-order valence-corrected chi connectivity index (χ0v) is 9.29. The lowest BCUT2D eigenvalue weighted by Gasteiger charge is -2.03. The van der Waals surface area contributed by atoms with Crippen molar-refractivity contribution in [2.24, 2.45) is 0 Å². The van der Waals surface area contributed by atoms with Crippen molar-refractivity contribution in [3.63, 3.8) is 0 Å². The monoisotopic (exact) mass is 235 g/mol. The van der Waals surface area contributed by atoms with E-state index in [1.165, 1.54) is 0 Å². The van der Waals surface area contributed by atoms with E-state index in [4.69, 9.17) is 10.8 Å². The number of hydrogen-bond acceptors (Lipinski definition) is 4. The van der Waals surface area contributed by atoms with E-state index in [-0.39, 0.29) is 12.1 Å². The lowest BCUT2D eigenvalue weighted by molar-refractivity contribution is 0.0693. The van der Waals surface area contributed by atoms with Crippen molar-refractivity contribution < 1.29 is 15.0 Å². The Hall–Kier alpha value is -2.08. The number of nitrogens with zero attached hydrogens (tertiary/aromatic N) is 2. The summed E-state index contributed by atoms with van der Waals surface area (Å²) in [4.78, 5) is 15.0. The van der Waals surface area contributed by atoms with Crippen LogP contribution in [-0.2, 0) is 6.42 Å². The Labute approximate surface area is 97.3 Å². The van der Waals surface area contributed by atoms with Crippen LogP contribution in [0.2, 0.25) is 0 Å². The van der Waals surface area contributed by atoms with Gasteiger partial charge in [-0.15, -0.1) is 0 Å². The third kappa shape index (κ3) is 2.07. The summed E-state index contributed by atoms with van der Waals surface area (Å²) >= 11 is 0. The van der Waals surface area contributed by atoms with Crippen molar-refractivity contribution in [2.45, 2.75) is 19.4 Å². The fourth-order valence-electron chi connectivity index (χ4n) is 1.73. The normalized spacial score (nSPS) is 12.8. The van der Waals surface area contributed by atoms with Crippen molar-refractivity contribution in [2.75, 3.05) is 5.73 Å². The highest BCUT2D eigenvalue weighted by atomic mass is 16.4. The molecule has 0 saturated carbocycles. The zero-order chi connectivity index (χ0) is 12.6. The quantitative estimate of drug-likeness (QED) is 0.720. The third-order valence-corrected chi connectivity index (χ3v) is 2.41. The Balaban J connectivity index is 2.66. The minimum Gasteiger partial charge on any atom is -0.476 e. The molecule has 2 aromatic heterocycles. The molecule has 0 bridgehead atoms. The van der Waals surface area contributed by atoms with Gasteiger partial charge in [-0.1, -0.05) is 0 Å². The summed E-state index contributed by atoms with van der Waals surface area (Å²) in [6.45, 7) is 1.62. The number of carbonyl (C=O) groups is 1. The number of anilines is 1. The Morgan fingerprint density at radius 3 is 2.88 bits per heavy atom. The number of imidazole rings is 1. The summed E-state index contributed by atoms with van der Waals surface area (Å²) in [5.74, 6) is -0.608. The maximum absolute atomic E-state index is 11.0. The SMILES string of the molecule is CC(O)Cc1nc(C(=O)O)c2ccc(N)cn12. The van der Waals surface area contributed by atoms with E-state index in [0.29, 0.717) is 17.0 Å². The summed E-state index contributed by atoms with van der Waals surface area (Å²) in [7, 11) is 0. The number of aromatic nitrogens is 2. The predicted octanol–water partition coefficient (Wildman–Crippen LogP) is 0.538. The number of fused-ring (bicyclic) bond motifs is 1. The fourth-order valence-corrected chi connectivity index (χ4v) is 1.73. The van der Waals surface area contributed by atoms with Crippen molar-refractivity contribution in [1.82, 2.24) is 9.38 Å². The number of nitrogen functional groups attached to an aromatic ring is 1. The lowest BCUT2D eigenvalue weighted by atomic mass is 10.3. The molecule has 0 spiro atoms. The molecular weight excluding hydrogens is 222 g/mol. The molecular formula is C11H13N3O3. The smallest absolute Gasteiger partial charge is 0.356 e. The first-order chi connectivity index (χ1) is 7.99. The Morgan fingerprint density at radius 1 is 1.59 bits per heavy atom. The molecule has 2 aromatic rings. The number of carboxylic acid groups (broad SMARTS) is 1. The molecule has 0 amide bonds. The molecule has 6 heteroatoms. The average molecular weight is 235 g/mol. The molecule has 0 aliphatic rings. The second kappa shape index (κ2) is 4.06. The van der Waals surface area contributed by atoms with E-state index in [1.54, 1.807) is 29.7 Å². The number of rotatable bonds is 3. The molecule has 90 valence electrons. The molecule has 4 N–H and O–H groups in total. The van der Waals surface area contributed by atoms with E-state index in [9.17, 15) is 9.90 Å². The molecule has 0 aliphatic heterocycles. The van der Waals surface area contributed by atoms with Gasteiger partial charge in [-0.3, -0.25) is 0 Å². The Bertz CT molecular complexity index is 575. The van der Waals surface area contributed by atoms with E-state index >= 15 is 0 Å². The molecule has 2 heterocycles. The van der Waals surface area contributed by atoms with Crippen LogP contribution in [0.15, 0.2) is 18.3 Å². The molecule has 1 unspecified atom stereocenters. The average Bonchev–Trinajstić information content (AvgIpc) is 2.56. The molecule has 17 heavy (non-hydrogen) atoms. The van der Waals surface area contributed by atoms with Crippen LogP contribution in [0.5, 0.6) is 0 Å². The van der Waals surface area contributed by atoms with Crippen LogP contribution in [0, 0.1) is 0 Å². The molecule has 1 atom stereocenters. The van der Waals surface area contributed by atoms with Gasteiger partial charge in [0.1, 0.15) is 5.82 Å². The maximum atomic E-state index is 11.0. The van der Waals surface area contributed by atoms with Crippen LogP contribution in [0.3, 0.4) is 0 Å². The van der Waals surface area contributed by atoms with Crippen molar-refractivity contribution in [3.8, 4) is 0 Å². The number of aliphatic hydroxyl groups excluding tert-OH is 1. The Kier molecular flexibility index (Phi) is 2.72. The zero-order valence-electron chi connectivity index (χ0n) is 9.29. The van der Waals surface area contributed by atoms with Gasteiger partial charge in [-0.2, -0.15) is 0 Å². The summed E-state index contributed by atoms with van der Waals surface area (Å²) in [5, 5.41) is 18.4. The van der Waals surface area contributed by atoms with Gasteiger partial charge in [-0.05, 0) is 19.1 Å². The van der Waals surface area contributed by atoms with Gasteiger partial charge in [0.15, 0.2) is 5.69 Å². The van der Waals surface area contributed by atoms with Crippen LogP contribution < -0.4 is 5.73 Å². The van der Waals surface area contributed by atoms with Crippen LogP contribution in [0.4, 0.5) is 5.69 Å². The molecule has 0 radical (unpaired) electrons. The fraction of sp³-hybridized carbons (Fsp3) is 0.273. The molecule has 0 aromatic carbocycles. The van der Waals surface area contributed by atoms with Gasteiger partial charge in [-0.25, -0.2) is 9.78 Å². The number of hydrogen-bond donors (Lipinski definition) is 3. The van der Waals surface area contributed by atoms with Gasteiger partial charge in [0.25, 0.3) is 0 Å². The van der Waals surface area contributed by atoms with Gasteiger partial charge < -0.3 is 20.3 Å². The minimum absolute atomic E-state index is 0.0272. The summed E-state index contributed by atoms with van der Waals surface area (Å²) in [6, 6.07) is 3.23. The number of pyridine rings is 1. The first-order valence-electron chi connectivity index (χ1n) is 5.17. The lowest BCUT2D eigenvalue weighted by Crippen LogP contribution is -2.08. The van der Waals surface area contributed by atoms with E-state index in [2.05, 4.69) is 4.98 Å². The van der Waals surface area contributed by atoms with Crippen molar-refractivity contribution >= 4 is 17.2 Å². The first-order valence-corrected chi connectivity index (χ1v) is 5.17. The van der Waals surface area contributed by atoms with Gasteiger partial charge >= 0.3 is 5.97 Å². The molecule has 2 rings (SSSR count). The second-order valence-corrected chi connectivity index (χ2v) is 3.95. The highest BCUT2D eigenvalue weighted by Gasteiger charge is 2.17. The standard InChI is InChI=1S/C11H13N3O3/c1-6(15)4-9-13-10(11(16)17)8-3-2-7(12)5-14(8)9/h2-3,5-6,15H,4,12H2,1H3,(H,16,17). The third-order valence-electron chi connectivity index (χ3n) is 2.41. The second-order valence-electron chi connectivity index (χ2n) is 3.95. The topological polar surface area (TPSA) is 101 Å². The number of nitrogens with two attached hydrogens (primary N) is 1. The number of aliphatic hydroxyl groups is 1. The number of aromatic carboxylic acids is 1. The molecule has 0 saturated heterocycles. The summed E-state index contributed by atoms with van der Waals surface area (Å²) in [5.41, 5.74) is 6.61. The van der Waals surface area contributed by atoms with Crippen molar-refractivity contribution in [3.05, 3.63) is 29.8 Å². The van der Waals surface area contributed by atoms with Crippen molar-refractivity contribution in [1.29, 1.82) is 0 Å². The van der Waals surface area contributed by atoms with Crippen LogP contribution in [-0.4, -0.2) is 31.7 Å². The van der Waals surface area contributed by atoms with E-state index in [0.717, 1.165) is 0 Å². The van der Waals surface area contributed by atoms with Gasteiger partial charge in [0.2, 0.25) is 0 Å². The highest BCUT2D eigenvalue weighted by Crippen LogP contribution is 2.17. The van der Waals surface area contributed by atoms with Crippen LogP contribution in [0.1, 0.15) is 23.2 Å². The summed E-state index contributed by atoms with van der Waals surface area (Å²) < 4.78 is 1.60. The van der Waals surface area contributed by atoms with E-state index < -0.39 is 12.1 Å². The number of carboxylic acids is 1. The predicted molar refractivity (Wildman–Crippen MR) is 61.9 cm³/mol. The maximum Gasteiger partial charge on any atom is 0.356 e. The van der Waals surface area contributed by atoms with E-state index in [1.807, 2.05) is 0 Å². The largest absolute Gasteiger partial charge is 0.476 e. The highest BCUT2D eigenvalue weighted by molar-refractivity contribution is 5.93. The first kappa shape index (κ1) is 11.4. The van der Waals surface area contributed by atoms with Gasteiger partial charge in [0, 0.05) is 18.3 Å². The van der Waals surface area contributed by atoms with Crippen LogP contribution in [0.25, 0.3) is 5.52 Å². The summed E-state index contributed by atoms with van der Waals surface area (Å²) in [6.07, 6.45) is 1.29.